The highest BCUT2D eigenvalue weighted by molar-refractivity contribution is 5.70. The number of rotatable bonds is 1. The average Bonchev–Trinajstić information content (AvgIpc) is 2.26. The number of hydrogen-bond donors (Lipinski definition) is 1. The van der Waals surface area contributed by atoms with Gasteiger partial charge in [-0.3, -0.25) is 4.79 Å². The molecule has 0 bridgehead atoms. The highest BCUT2D eigenvalue weighted by Gasteiger charge is 2.24. The Morgan fingerprint density at radius 1 is 1.50 bits per heavy atom. The molecule has 1 aliphatic rings. The summed E-state index contributed by atoms with van der Waals surface area (Å²) >= 11 is 0. The Balaban J connectivity index is 2.62. The van der Waals surface area contributed by atoms with Crippen molar-refractivity contribution in [3.05, 3.63) is 12.3 Å². The highest BCUT2D eigenvalue weighted by Crippen LogP contribution is 2.21. The molecule has 1 N–H and O–H groups in total. The van der Waals surface area contributed by atoms with Gasteiger partial charge in [0.25, 0.3) is 0 Å². The summed E-state index contributed by atoms with van der Waals surface area (Å²) in [5.41, 5.74) is 0.0872. The van der Waals surface area contributed by atoms with E-state index in [1.165, 1.54) is 0 Å². The minimum Gasteiger partial charge on any atom is -0.481 e. The normalized spacial score (nSPS) is 23.4. The van der Waals surface area contributed by atoms with Gasteiger partial charge in [0.2, 0.25) is 0 Å². The second-order valence-corrected chi connectivity index (χ2v) is 4.81. The maximum absolute atomic E-state index is 10.8. The Morgan fingerprint density at radius 2 is 2.14 bits per heavy atom. The first-order valence-corrected chi connectivity index (χ1v) is 5.07. The maximum atomic E-state index is 10.8. The lowest BCUT2D eigenvalue weighted by Gasteiger charge is -2.34. The van der Waals surface area contributed by atoms with Crippen LogP contribution in [0.4, 0.5) is 0 Å². The molecule has 14 heavy (non-hydrogen) atoms. The molecule has 0 aromatic carbocycles. The van der Waals surface area contributed by atoms with Crippen molar-refractivity contribution < 1.29 is 9.90 Å². The van der Waals surface area contributed by atoms with E-state index in [0.717, 1.165) is 13.0 Å². The molecule has 1 atom stereocenters. The zero-order valence-corrected chi connectivity index (χ0v) is 9.16. The van der Waals surface area contributed by atoms with E-state index in [0.29, 0.717) is 6.42 Å². The van der Waals surface area contributed by atoms with Gasteiger partial charge in [0, 0.05) is 12.1 Å². The molecule has 3 heteroatoms. The van der Waals surface area contributed by atoms with Crippen LogP contribution in [-0.4, -0.2) is 28.1 Å². The van der Waals surface area contributed by atoms with Crippen molar-refractivity contribution in [3.63, 3.8) is 0 Å². The van der Waals surface area contributed by atoms with Gasteiger partial charge in [-0.25, -0.2) is 0 Å². The predicted molar refractivity (Wildman–Crippen MR) is 56.0 cm³/mol. The number of aliphatic carboxylic acids is 1. The Labute approximate surface area is 85.4 Å². The topological polar surface area (TPSA) is 40.5 Å². The molecular weight excluding hydrogens is 178 g/mol. The van der Waals surface area contributed by atoms with Crippen LogP contribution in [0.25, 0.3) is 0 Å². The summed E-state index contributed by atoms with van der Waals surface area (Å²) in [6, 6.07) is 0. The smallest absolute Gasteiger partial charge is 0.306 e. The van der Waals surface area contributed by atoms with E-state index >= 15 is 0 Å². The fourth-order valence-corrected chi connectivity index (χ4v) is 1.62. The average molecular weight is 197 g/mol. The van der Waals surface area contributed by atoms with Gasteiger partial charge in [0.15, 0.2) is 0 Å². The summed E-state index contributed by atoms with van der Waals surface area (Å²) in [6.45, 7) is 7.24. The van der Waals surface area contributed by atoms with Gasteiger partial charge in [-0.05, 0) is 39.8 Å². The van der Waals surface area contributed by atoms with Crippen molar-refractivity contribution in [2.24, 2.45) is 5.92 Å². The van der Waals surface area contributed by atoms with E-state index in [9.17, 15) is 4.79 Å². The molecule has 0 radical (unpaired) electrons. The molecule has 3 nitrogen and oxygen atoms in total. The third kappa shape index (κ3) is 2.76. The van der Waals surface area contributed by atoms with Crippen LogP contribution < -0.4 is 0 Å². The molecule has 0 aromatic heterocycles. The van der Waals surface area contributed by atoms with E-state index in [4.69, 9.17) is 5.11 Å². The molecule has 0 aromatic rings. The minimum atomic E-state index is -0.676. The standard InChI is InChI=1S/C11H19NO2/c1-11(2,3)12-7-4-5-9(6-8-12)10(13)14/h4,7,9H,5-6,8H2,1-3H3,(H,13,14). The van der Waals surface area contributed by atoms with Crippen LogP contribution in [0.3, 0.4) is 0 Å². The van der Waals surface area contributed by atoms with E-state index < -0.39 is 5.97 Å². The van der Waals surface area contributed by atoms with Crippen LogP contribution in [0.5, 0.6) is 0 Å². The second kappa shape index (κ2) is 4.03. The first-order valence-electron chi connectivity index (χ1n) is 5.07. The Kier molecular flexibility index (Phi) is 3.19. The number of nitrogens with zero attached hydrogens (tertiary/aromatic N) is 1. The van der Waals surface area contributed by atoms with E-state index in [-0.39, 0.29) is 11.5 Å². The minimum absolute atomic E-state index is 0.0872. The van der Waals surface area contributed by atoms with Gasteiger partial charge in [-0.15, -0.1) is 0 Å². The molecule has 0 amide bonds. The van der Waals surface area contributed by atoms with Crippen LogP contribution in [-0.2, 0) is 4.79 Å². The van der Waals surface area contributed by atoms with Crippen LogP contribution in [0.15, 0.2) is 12.3 Å². The maximum Gasteiger partial charge on any atom is 0.306 e. The lowest BCUT2D eigenvalue weighted by molar-refractivity contribution is -0.141. The molecule has 0 aliphatic carbocycles. The number of carboxylic acid groups (broad SMARTS) is 1. The monoisotopic (exact) mass is 197 g/mol. The molecule has 1 heterocycles. The molecular formula is C11H19NO2. The third-order valence-corrected chi connectivity index (χ3v) is 2.64. The Morgan fingerprint density at radius 3 is 2.64 bits per heavy atom. The summed E-state index contributed by atoms with van der Waals surface area (Å²) in [5.74, 6) is -0.885. The first-order chi connectivity index (χ1) is 6.41. The van der Waals surface area contributed by atoms with E-state index in [1.807, 2.05) is 12.3 Å². The largest absolute Gasteiger partial charge is 0.481 e. The van der Waals surface area contributed by atoms with Gasteiger partial charge >= 0.3 is 5.97 Å². The molecule has 0 fully saturated rings. The molecule has 1 unspecified atom stereocenters. The fraction of sp³-hybridized carbons (Fsp3) is 0.727. The van der Waals surface area contributed by atoms with Crippen molar-refractivity contribution in [2.45, 2.75) is 39.2 Å². The Bertz CT molecular complexity index is 240. The molecule has 80 valence electrons. The molecule has 0 spiro atoms. The van der Waals surface area contributed by atoms with Crippen LogP contribution in [0, 0.1) is 5.92 Å². The second-order valence-electron chi connectivity index (χ2n) is 4.81. The number of hydrogen-bond acceptors (Lipinski definition) is 2. The SMILES string of the molecule is CC(C)(C)N1C=CCC(C(=O)O)CC1. The van der Waals surface area contributed by atoms with Gasteiger partial charge in [0.1, 0.15) is 0 Å². The van der Waals surface area contributed by atoms with Gasteiger partial charge in [0.05, 0.1) is 5.92 Å². The van der Waals surface area contributed by atoms with Gasteiger partial charge < -0.3 is 10.0 Å². The lowest BCUT2D eigenvalue weighted by atomic mass is 10.0. The van der Waals surface area contributed by atoms with Crippen molar-refractivity contribution in [3.8, 4) is 0 Å². The number of carbonyl (C=O) groups is 1. The fourth-order valence-electron chi connectivity index (χ4n) is 1.62. The van der Waals surface area contributed by atoms with Crippen molar-refractivity contribution in [2.75, 3.05) is 6.54 Å². The first kappa shape index (κ1) is 11.1. The Hall–Kier alpha value is -0.990. The van der Waals surface area contributed by atoms with Crippen molar-refractivity contribution >= 4 is 5.97 Å². The summed E-state index contributed by atoms with van der Waals surface area (Å²) in [4.78, 5) is 13.0. The third-order valence-electron chi connectivity index (χ3n) is 2.64. The quantitative estimate of drug-likeness (QED) is 0.699. The summed E-state index contributed by atoms with van der Waals surface area (Å²) in [7, 11) is 0. The highest BCUT2D eigenvalue weighted by atomic mass is 16.4. The molecule has 1 rings (SSSR count). The summed E-state index contributed by atoms with van der Waals surface area (Å²) in [5, 5.41) is 8.90. The molecule has 0 saturated heterocycles. The lowest BCUT2D eigenvalue weighted by Crippen LogP contribution is -2.37. The van der Waals surface area contributed by atoms with Crippen molar-refractivity contribution in [1.82, 2.24) is 4.90 Å². The number of carboxylic acids is 1. The number of allylic oxidation sites excluding steroid dienone is 1. The van der Waals surface area contributed by atoms with Gasteiger partial charge in [-0.2, -0.15) is 0 Å². The summed E-state index contributed by atoms with van der Waals surface area (Å²) < 4.78 is 0. The zero-order valence-electron chi connectivity index (χ0n) is 9.16. The summed E-state index contributed by atoms with van der Waals surface area (Å²) in [6.07, 6.45) is 5.39. The molecule has 0 saturated carbocycles. The predicted octanol–water partition coefficient (Wildman–Crippen LogP) is 2.10. The van der Waals surface area contributed by atoms with Crippen LogP contribution in [0.2, 0.25) is 0 Å². The van der Waals surface area contributed by atoms with Gasteiger partial charge in [-0.1, -0.05) is 6.08 Å². The van der Waals surface area contributed by atoms with E-state index in [1.54, 1.807) is 0 Å². The van der Waals surface area contributed by atoms with Crippen LogP contribution >= 0.6 is 0 Å². The van der Waals surface area contributed by atoms with Crippen molar-refractivity contribution in [1.29, 1.82) is 0 Å². The zero-order chi connectivity index (χ0) is 10.8. The van der Waals surface area contributed by atoms with E-state index in [2.05, 4.69) is 25.7 Å². The molecule has 1 aliphatic heterocycles. The van der Waals surface area contributed by atoms with Crippen LogP contribution in [0.1, 0.15) is 33.6 Å².